The fourth-order valence-corrected chi connectivity index (χ4v) is 7.49. The molecule has 1 atom stereocenters. The van der Waals surface area contributed by atoms with Crippen molar-refractivity contribution in [3.63, 3.8) is 0 Å². The third kappa shape index (κ3) is 8.47. The van der Waals surface area contributed by atoms with Crippen molar-refractivity contribution in [2.75, 3.05) is 45.6 Å². The van der Waals surface area contributed by atoms with E-state index < -0.39 is 6.09 Å². The second-order valence-electron chi connectivity index (χ2n) is 13.9. The molecule has 2 aliphatic heterocycles. The highest BCUT2D eigenvalue weighted by molar-refractivity contribution is 5.91. The van der Waals surface area contributed by atoms with Crippen LogP contribution in [0.4, 0.5) is 15.3 Å². The summed E-state index contributed by atoms with van der Waals surface area (Å²) < 4.78 is 2.28. The molecule has 1 saturated heterocycles. The summed E-state index contributed by atoms with van der Waals surface area (Å²) in [4.78, 5) is 42.0. The van der Waals surface area contributed by atoms with Gasteiger partial charge in [-0.1, -0.05) is 62.4 Å². The van der Waals surface area contributed by atoms with E-state index in [9.17, 15) is 9.59 Å². The number of carbonyl (C=O) groups is 2. The standard InChI is InChI=1S/C40H53N7O3/c1-5-30-18-17-29(27-31(30)6-2)28-36(38-41-35-15-9-10-16-37(35)47(38)23-12-11-22-44(3)4)43-40(49)50-45-24-20-33(21-25-45)46-26-19-32-13-7-8-14-34(32)42-39(46)48/h7-10,13-18,27,33,36H,5-6,11-12,19-26,28H2,1-4H3,(H,42,48)(H,43,49). The molecule has 10 nitrogen and oxygen atoms in total. The Kier molecular flexibility index (Phi) is 11.7. The number of amides is 3. The van der Waals surface area contributed by atoms with Crippen molar-refractivity contribution < 1.29 is 14.4 Å². The molecular weight excluding hydrogens is 626 g/mol. The van der Waals surface area contributed by atoms with Gasteiger partial charge in [-0.05, 0) is 106 Å². The summed E-state index contributed by atoms with van der Waals surface area (Å²) in [6, 6.07) is 22.6. The smallest absolute Gasteiger partial charge is 0.351 e. The SMILES string of the molecule is CCc1ccc(CC(NC(=O)ON2CCC(N3CCc4ccccc4NC3=O)CC2)c2nc3ccccc3n2CCCCN(C)C)cc1CC. The Morgan fingerprint density at radius 3 is 2.52 bits per heavy atom. The van der Waals surface area contributed by atoms with Crippen LogP contribution in [0.25, 0.3) is 11.0 Å². The first kappa shape index (κ1) is 35.4. The van der Waals surface area contributed by atoms with Gasteiger partial charge in [-0.2, -0.15) is 0 Å². The number of nitrogens with one attached hydrogen (secondary N) is 2. The Hall–Kier alpha value is -4.41. The summed E-state index contributed by atoms with van der Waals surface area (Å²) in [7, 11) is 4.20. The van der Waals surface area contributed by atoms with Crippen LogP contribution < -0.4 is 10.6 Å². The molecule has 1 fully saturated rings. The molecule has 0 spiro atoms. The van der Waals surface area contributed by atoms with E-state index in [-0.39, 0.29) is 18.1 Å². The Balaban J connectivity index is 1.16. The van der Waals surface area contributed by atoms with Crippen LogP contribution in [0.2, 0.25) is 0 Å². The number of fused-ring (bicyclic) bond motifs is 2. The minimum Gasteiger partial charge on any atom is -0.351 e. The van der Waals surface area contributed by atoms with Crippen LogP contribution in [0.1, 0.15) is 73.7 Å². The Morgan fingerprint density at radius 2 is 1.74 bits per heavy atom. The summed E-state index contributed by atoms with van der Waals surface area (Å²) in [5.74, 6) is 0.845. The molecule has 50 heavy (non-hydrogen) atoms. The fourth-order valence-electron chi connectivity index (χ4n) is 7.49. The minimum atomic E-state index is -0.483. The molecule has 4 aromatic rings. The molecule has 2 aliphatic rings. The van der Waals surface area contributed by atoms with E-state index in [1.807, 2.05) is 35.2 Å². The number of imidazole rings is 1. The quantitative estimate of drug-likeness (QED) is 0.148. The van der Waals surface area contributed by atoms with Crippen molar-refractivity contribution in [2.24, 2.45) is 0 Å². The molecule has 1 aromatic heterocycles. The summed E-state index contributed by atoms with van der Waals surface area (Å²) in [6.45, 7) is 8.01. The number of hydroxylamine groups is 2. The van der Waals surface area contributed by atoms with E-state index in [2.05, 4.69) is 84.4 Å². The summed E-state index contributed by atoms with van der Waals surface area (Å²) in [5.41, 5.74) is 7.91. The summed E-state index contributed by atoms with van der Waals surface area (Å²) in [5, 5.41) is 8.06. The van der Waals surface area contributed by atoms with Gasteiger partial charge in [-0.25, -0.2) is 14.6 Å². The number of carbonyl (C=O) groups excluding carboxylic acids is 2. The highest BCUT2D eigenvalue weighted by Crippen LogP contribution is 2.28. The van der Waals surface area contributed by atoms with Crippen molar-refractivity contribution in [3.8, 4) is 0 Å². The minimum absolute atomic E-state index is 0.0577. The molecule has 3 heterocycles. The zero-order chi connectivity index (χ0) is 35.0. The summed E-state index contributed by atoms with van der Waals surface area (Å²) >= 11 is 0. The Morgan fingerprint density at radius 1 is 0.980 bits per heavy atom. The van der Waals surface area contributed by atoms with E-state index in [4.69, 9.17) is 9.82 Å². The molecule has 0 saturated carbocycles. The van der Waals surface area contributed by atoms with Gasteiger partial charge in [0.25, 0.3) is 0 Å². The number of nitrogens with zero attached hydrogens (tertiary/aromatic N) is 5. The number of aryl methyl sites for hydroxylation is 3. The molecule has 3 amide bonds. The second-order valence-corrected chi connectivity index (χ2v) is 13.9. The number of urea groups is 1. The van der Waals surface area contributed by atoms with Gasteiger partial charge in [0.05, 0.1) is 17.1 Å². The number of piperidine rings is 1. The first-order chi connectivity index (χ1) is 24.3. The van der Waals surface area contributed by atoms with Gasteiger partial charge in [0.1, 0.15) is 5.82 Å². The predicted octanol–water partition coefficient (Wildman–Crippen LogP) is 6.98. The maximum Gasteiger partial charge on any atom is 0.426 e. The first-order valence-electron chi connectivity index (χ1n) is 18.4. The number of hydrogen-bond acceptors (Lipinski definition) is 6. The zero-order valence-electron chi connectivity index (χ0n) is 30.2. The highest BCUT2D eigenvalue weighted by atomic mass is 16.7. The van der Waals surface area contributed by atoms with E-state index in [1.165, 1.54) is 11.1 Å². The molecule has 10 heteroatoms. The van der Waals surface area contributed by atoms with Crippen molar-refractivity contribution in [2.45, 2.75) is 83.8 Å². The van der Waals surface area contributed by atoms with Gasteiger partial charge < -0.3 is 29.8 Å². The Bertz CT molecular complexity index is 1760. The van der Waals surface area contributed by atoms with Gasteiger partial charge in [-0.15, -0.1) is 5.06 Å². The monoisotopic (exact) mass is 679 g/mol. The Labute approximate surface area is 296 Å². The van der Waals surface area contributed by atoms with Crippen molar-refractivity contribution in [3.05, 3.63) is 94.8 Å². The largest absolute Gasteiger partial charge is 0.426 e. The number of unbranched alkanes of at least 4 members (excludes halogenated alkanes) is 1. The topological polar surface area (TPSA) is 95.0 Å². The van der Waals surface area contributed by atoms with E-state index in [1.54, 1.807) is 5.06 Å². The van der Waals surface area contributed by atoms with Crippen LogP contribution in [-0.4, -0.2) is 82.9 Å². The van der Waals surface area contributed by atoms with Crippen LogP contribution in [-0.2, 0) is 37.1 Å². The van der Waals surface area contributed by atoms with E-state index >= 15 is 0 Å². The molecule has 2 N–H and O–H groups in total. The highest BCUT2D eigenvalue weighted by Gasteiger charge is 2.32. The van der Waals surface area contributed by atoms with Crippen LogP contribution in [0.3, 0.4) is 0 Å². The number of hydrogen-bond donors (Lipinski definition) is 2. The zero-order valence-corrected chi connectivity index (χ0v) is 30.2. The van der Waals surface area contributed by atoms with Crippen LogP contribution in [0.5, 0.6) is 0 Å². The van der Waals surface area contributed by atoms with Gasteiger partial charge in [0.2, 0.25) is 0 Å². The molecular formula is C40H53N7O3. The lowest BCUT2D eigenvalue weighted by Crippen LogP contribution is -2.49. The number of rotatable bonds is 13. The van der Waals surface area contributed by atoms with Crippen molar-refractivity contribution in [1.82, 2.24) is 29.7 Å². The lowest BCUT2D eigenvalue weighted by atomic mass is 9.96. The molecule has 0 bridgehead atoms. The molecule has 0 radical (unpaired) electrons. The molecule has 0 aliphatic carbocycles. The van der Waals surface area contributed by atoms with Gasteiger partial charge in [0.15, 0.2) is 0 Å². The maximum atomic E-state index is 13.7. The fraction of sp³-hybridized carbons (Fsp3) is 0.475. The van der Waals surface area contributed by atoms with Crippen LogP contribution in [0.15, 0.2) is 66.7 Å². The lowest BCUT2D eigenvalue weighted by Gasteiger charge is -2.37. The van der Waals surface area contributed by atoms with Crippen molar-refractivity contribution in [1.29, 1.82) is 0 Å². The number of para-hydroxylation sites is 3. The van der Waals surface area contributed by atoms with Crippen molar-refractivity contribution >= 4 is 28.8 Å². The molecule has 6 rings (SSSR count). The van der Waals surface area contributed by atoms with Gasteiger partial charge in [0, 0.05) is 44.3 Å². The summed E-state index contributed by atoms with van der Waals surface area (Å²) in [6.07, 6.45) is 6.42. The molecule has 3 aromatic carbocycles. The normalized spacial score (nSPS) is 16.3. The average molecular weight is 680 g/mol. The van der Waals surface area contributed by atoms with Gasteiger partial charge >= 0.3 is 12.1 Å². The number of anilines is 1. The van der Waals surface area contributed by atoms with E-state index in [0.29, 0.717) is 26.1 Å². The second kappa shape index (κ2) is 16.5. The predicted molar refractivity (Wildman–Crippen MR) is 199 cm³/mol. The first-order valence-corrected chi connectivity index (χ1v) is 18.4. The maximum absolute atomic E-state index is 13.7. The third-order valence-electron chi connectivity index (χ3n) is 10.2. The van der Waals surface area contributed by atoms with Crippen LogP contribution in [0, 0.1) is 0 Å². The molecule has 1 unspecified atom stereocenters. The number of benzene rings is 3. The van der Waals surface area contributed by atoms with E-state index in [0.717, 1.165) is 91.7 Å². The van der Waals surface area contributed by atoms with Crippen LogP contribution >= 0.6 is 0 Å². The molecule has 266 valence electrons. The number of aromatic nitrogens is 2. The average Bonchev–Trinajstić information content (AvgIpc) is 3.40. The third-order valence-corrected chi connectivity index (χ3v) is 10.2. The van der Waals surface area contributed by atoms with Gasteiger partial charge in [-0.3, -0.25) is 0 Å². The lowest BCUT2D eigenvalue weighted by molar-refractivity contribution is -0.120.